The summed E-state index contributed by atoms with van der Waals surface area (Å²) in [6, 6.07) is 10.1. The van der Waals surface area contributed by atoms with Gasteiger partial charge in [-0.05, 0) is 66.1 Å². The van der Waals surface area contributed by atoms with Crippen LogP contribution in [-0.4, -0.2) is 36.1 Å². The van der Waals surface area contributed by atoms with Gasteiger partial charge in [0.25, 0.3) is 11.5 Å². The highest BCUT2D eigenvalue weighted by molar-refractivity contribution is 6.01. The molecule has 1 amide bonds. The van der Waals surface area contributed by atoms with Crippen molar-refractivity contribution in [3.05, 3.63) is 80.3 Å². The first-order valence-corrected chi connectivity index (χ1v) is 12.0. The van der Waals surface area contributed by atoms with Gasteiger partial charge in [-0.15, -0.1) is 0 Å². The Morgan fingerprint density at radius 2 is 1.69 bits per heavy atom. The number of carbonyl (C=O) groups excluding carboxylic acids is 1. The maximum Gasteiger partial charge on any atom is 0.261 e. The minimum Gasteiger partial charge on any atom is -0.496 e. The van der Waals surface area contributed by atoms with E-state index < -0.39 is 0 Å². The standard InChI is InChI=1S/C29H34N2O4/c1-17(2)22-10-8-9-20-15-31(12-11-23(20)22)29(33)27-25(34-6)13-21(14-26(27)35-7)24-16-30(5)28(32)19(4)18(24)3/h8-10,13-14,16-17H,11-12,15H2,1-7H3. The zero-order valence-corrected chi connectivity index (χ0v) is 21.7. The third kappa shape index (κ3) is 4.33. The Kier molecular flexibility index (Phi) is 6.75. The molecule has 3 aromatic rings. The minimum atomic E-state index is -0.112. The molecule has 1 aromatic heterocycles. The van der Waals surface area contributed by atoms with E-state index in [4.69, 9.17) is 9.47 Å². The maximum absolute atomic E-state index is 13.8. The number of hydrogen-bond donors (Lipinski definition) is 0. The van der Waals surface area contributed by atoms with Crippen molar-refractivity contribution in [1.29, 1.82) is 0 Å². The van der Waals surface area contributed by atoms with Crippen LogP contribution in [0.15, 0.2) is 41.3 Å². The largest absolute Gasteiger partial charge is 0.496 e. The highest BCUT2D eigenvalue weighted by atomic mass is 16.5. The molecule has 0 saturated heterocycles. The summed E-state index contributed by atoms with van der Waals surface area (Å²) in [5, 5.41) is 0. The van der Waals surface area contributed by atoms with Gasteiger partial charge in [0.1, 0.15) is 17.1 Å². The van der Waals surface area contributed by atoms with E-state index in [9.17, 15) is 9.59 Å². The van der Waals surface area contributed by atoms with Crippen LogP contribution in [0, 0.1) is 13.8 Å². The summed E-state index contributed by atoms with van der Waals surface area (Å²) in [5.41, 5.74) is 7.62. The molecule has 0 aliphatic carbocycles. The second-order valence-electron chi connectivity index (χ2n) is 9.58. The highest BCUT2D eigenvalue weighted by Crippen LogP contribution is 2.38. The Balaban J connectivity index is 1.76. The van der Waals surface area contributed by atoms with Gasteiger partial charge in [-0.25, -0.2) is 0 Å². The van der Waals surface area contributed by atoms with Crippen molar-refractivity contribution in [2.24, 2.45) is 7.05 Å². The predicted molar refractivity (Wildman–Crippen MR) is 139 cm³/mol. The number of benzene rings is 2. The molecule has 0 atom stereocenters. The molecule has 4 rings (SSSR count). The lowest BCUT2D eigenvalue weighted by molar-refractivity contribution is 0.0727. The number of aryl methyl sites for hydroxylation is 1. The summed E-state index contributed by atoms with van der Waals surface area (Å²) in [6.45, 7) is 9.37. The van der Waals surface area contributed by atoms with E-state index in [0.29, 0.717) is 41.6 Å². The number of ether oxygens (including phenoxy) is 2. The van der Waals surface area contributed by atoms with Crippen LogP contribution in [0.2, 0.25) is 0 Å². The molecular formula is C29H34N2O4. The average Bonchev–Trinajstić information content (AvgIpc) is 2.87. The summed E-state index contributed by atoms with van der Waals surface area (Å²) < 4.78 is 13.0. The Labute approximate surface area is 207 Å². The van der Waals surface area contributed by atoms with E-state index in [-0.39, 0.29) is 11.5 Å². The lowest BCUT2D eigenvalue weighted by Crippen LogP contribution is -2.36. The van der Waals surface area contributed by atoms with Crippen LogP contribution in [0.25, 0.3) is 11.1 Å². The lowest BCUT2D eigenvalue weighted by Gasteiger charge is -2.31. The molecule has 0 N–H and O–H groups in total. The lowest BCUT2D eigenvalue weighted by atomic mass is 9.89. The molecule has 6 heteroatoms. The molecule has 0 saturated carbocycles. The Morgan fingerprint density at radius 1 is 1.03 bits per heavy atom. The first-order chi connectivity index (χ1) is 16.7. The summed E-state index contributed by atoms with van der Waals surface area (Å²) in [4.78, 5) is 28.0. The van der Waals surface area contributed by atoms with Gasteiger partial charge < -0.3 is 18.9 Å². The zero-order chi connectivity index (χ0) is 25.4. The van der Waals surface area contributed by atoms with E-state index in [1.54, 1.807) is 25.8 Å². The Hall–Kier alpha value is -3.54. The fourth-order valence-corrected chi connectivity index (χ4v) is 5.06. The third-order valence-electron chi connectivity index (χ3n) is 7.17. The molecule has 1 aliphatic heterocycles. The molecule has 0 bridgehead atoms. The molecule has 0 fully saturated rings. The number of fused-ring (bicyclic) bond motifs is 1. The number of hydrogen-bond acceptors (Lipinski definition) is 4. The van der Waals surface area contributed by atoms with Gasteiger partial charge in [0.05, 0.1) is 14.2 Å². The van der Waals surface area contributed by atoms with E-state index in [0.717, 1.165) is 23.1 Å². The SMILES string of the molecule is COc1cc(-c2cn(C)c(=O)c(C)c2C)cc(OC)c1C(=O)N1CCc2c(cccc2C(C)C)C1. The van der Waals surface area contributed by atoms with Gasteiger partial charge in [-0.2, -0.15) is 0 Å². The smallest absolute Gasteiger partial charge is 0.261 e. The topological polar surface area (TPSA) is 60.8 Å². The number of nitrogens with zero attached hydrogens (tertiary/aromatic N) is 2. The van der Waals surface area contributed by atoms with Gasteiger partial charge >= 0.3 is 0 Å². The highest BCUT2D eigenvalue weighted by Gasteiger charge is 2.29. The molecule has 0 spiro atoms. The molecule has 1 aliphatic rings. The first kappa shape index (κ1) is 24.6. The van der Waals surface area contributed by atoms with Crippen molar-refractivity contribution in [3.8, 4) is 22.6 Å². The molecule has 0 unspecified atom stereocenters. The van der Waals surface area contributed by atoms with Crippen LogP contribution < -0.4 is 15.0 Å². The molecule has 2 heterocycles. The summed E-state index contributed by atoms with van der Waals surface area (Å²) in [6.07, 6.45) is 2.64. The van der Waals surface area contributed by atoms with Crippen LogP contribution in [0.3, 0.4) is 0 Å². The minimum absolute atomic E-state index is 0.0250. The molecule has 0 radical (unpaired) electrons. The van der Waals surface area contributed by atoms with E-state index >= 15 is 0 Å². The molecule has 2 aromatic carbocycles. The number of methoxy groups -OCH3 is 2. The van der Waals surface area contributed by atoms with Crippen molar-refractivity contribution in [1.82, 2.24) is 9.47 Å². The third-order valence-corrected chi connectivity index (χ3v) is 7.17. The van der Waals surface area contributed by atoms with E-state index in [1.165, 1.54) is 16.7 Å². The molecular weight excluding hydrogens is 440 g/mol. The van der Waals surface area contributed by atoms with Crippen LogP contribution in [-0.2, 0) is 20.0 Å². The first-order valence-electron chi connectivity index (χ1n) is 12.0. The second kappa shape index (κ2) is 9.61. The Bertz CT molecular complexity index is 1330. The van der Waals surface area contributed by atoms with E-state index in [2.05, 4.69) is 32.0 Å². The van der Waals surface area contributed by atoms with Crippen LogP contribution in [0.4, 0.5) is 0 Å². The number of carbonyl (C=O) groups is 1. The molecule has 6 nitrogen and oxygen atoms in total. The summed E-state index contributed by atoms with van der Waals surface area (Å²) in [5.74, 6) is 1.25. The molecule has 184 valence electrons. The van der Waals surface area contributed by atoms with Gasteiger partial charge in [0.15, 0.2) is 0 Å². The van der Waals surface area contributed by atoms with Crippen molar-refractivity contribution >= 4 is 5.91 Å². The van der Waals surface area contributed by atoms with Gasteiger partial charge in [-0.3, -0.25) is 9.59 Å². The van der Waals surface area contributed by atoms with Crippen molar-refractivity contribution in [2.75, 3.05) is 20.8 Å². The van der Waals surface area contributed by atoms with Crippen LogP contribution in [0.1, 0.15) is 57.9 Å². The fraction of sp³-hybridized carbons (Fsp3) is 0.379. The number of pyridine rings is 1. The number of amides is 1. The zero-order valence-electron chi connectivity index (χ0n) is 21.7. The van der Waals surface area contributed by atoms with Crippen molar-refractivity contribution in [3.63, 3.8) is 0 Å². The van der Waals surface area contributed by atoms with Crippen molar-refractivity contribution in [2.45, 2.75) is 46.6 Å². The van der Waals surface area contributed by atoms with Gasteiger partial charge in [-0.1, -0.05) is 32.0 Å². The summed E-state index contributed by atoms with van der Waals surface area (Å²) in [7, 11) is 4.87. The van der Waals surface area contributed by atoms with Crippen LogP contribution in [0.5, 0.6) is 11.5 Å². The van der Waals surface area contributed by atoms with Crippen molar-refractivity contribution < 1.29 is 14.3 Å². The number of aromatic nitrogens is 1. The fourth-order valence-electron chi connectivity index (χ4n) is 5.06. The predicted octanol–water partition coefficient (Wildman–Crippen LogP) is 5.01. The van der Waals surface area contributed by atoms with Gasteiger partial charge in [0.2, 0.25) is 0 Å². The van der Waals surface area contributed by atoms with Gasteiger partial charge in [0, 0.05) is 37.5 Å². The summed E-state index contributed by atoms with van der Waals surface area (Å²) >= 11 is 0. The maximum atomic E-state index is 13.8. The quantitative estimate of drug-likeness (QED) is 0.522. The normalized spacial score (nSPS) is 13.1. The van der Waals surface area contributed by atoms with E-state index in [1.807, 2.05) is 37.1 Å². The molecule has 35 heavy (non-hydrogen) atoms. The average molecular weight is 475 g/mol. The monoisotopic (exact) mass is 474 g/mol. The number of rotatable bonds is 5. The Morgan fingerprint density at radius 3 is 2.29 bits per heavy atom. The van der Waals surface area contributed by atoms with Crippen LogP contribution >= 0.6 is 0 Å². The second-order valence-corrected chi connectivity index (χ2v) is 9.58.